The van der Waals surface area contributed by atoms with Gasteiger partial charge < -0.3 is 9.47 Å². The molecule has 1 heterocycles. The SMILES string of the molecule is COC(=O)[C@@H]1CC(=O)O[C@H]1c1ccc(C)cc1. The molecule has 1 aliphatic heterocycles. The van der Waals surface area contributed by atoms with E-state index < -0.39 is 18.0 Å². The molecule has 0 saturated carbocycles. The summed E-state index contributed by atoms with van der Waals surface area (Å²) in [5.41, 5.74) is 1.95. The van der Waals surface area contributed by atoms with Crippen LogP contribution in [0.4, 0.5) is 0 Å². The van der Waals surface area contributed by atoms with Crippen LogP contribution in [0.3, 0.4) is 0 Å². The van der Waals surface area contributed by atoms with E-state index in [4.69, 9.17) is 4.74 Å². The van der Waals surface area contributed by atoms with Crippen molar-refractivity contribution >= 4 is 11.9 Å². The number of carbonyl (C=O) groups excluding carboxylic acids is 2. The predicted octanol–water partition coefficient (Wildman–Crippen LogP) is 1.77. The smallest absolute Gasteiger partial charge is 0.313 e. The number of esters is 2. The normalized spacial score (nSPS) is 23.3. The highest BCUT2D eigenvalue weighted by Crippen LogP contribution is 2.36. The number of cyclic esters (lactones) is 1. The molecule has 1 fully saturated rings. The third kappa shape index (κ3) is 2.30. The summed E-state index contributed by atoms with van der Waals surface area (Å²) in [4.78, 5) is 22.9. The van der Waals surface area contributed by atoms with Gasteiger partial charge in [0.1, 0.15) is 12.0 Å². The van der Waals surface area contributed by atoms with E-state index in [1.165, 1.54) is 7.11 Å². The summed E-state index contributed by atoms with van der Waals surface area (Å²) >= 11 is 0. The van der Waals surface area contributed by atoms with E-state index in [0.29, 0.717) is 0 Å². The lowest BCUT2D eigenvalue weighted by molar-refractivity contribution is -0.147. The number of hydrogen-bond donors (Lipinski definition) is 0. The first kappa shape index (κ1) is 11.6. The Balaban J connectivity index is 2.26. The van der Waals surface area contributed by atoms with Crippen molar-refractivity contribution < 1.29 is 19.1 Å². The summed E-state index contributed by atoms with van der Waals surface area (Å²) in [5, 5.41) is 0. The Morgan fingerprint density at radius 2 is 2.00 bits per heavy atom. The molecule has 0 unspecified atom stereocenters. The zero-order valence-corrected chi connectivity index (χ0v) is 9.80. The molecule has 17 heavy (non-hydrogen) atoms. The quantitative estimate of drug-likeness (QED) is 0.732. The van der Waals surface area contributed by atoms with Crippen molar-refractivity contribution in [3.05, 3.63) is 35.4 Å². The highest BCUT2D eigenvalue weighted by atomic mass is 16.6. The maximum absolute atomic E-state index is 11.6. The molecule has 1 aromatic rings. The average Bonchev–Trinajstić information content (AvgIpc) is 2.71. The maximum Gasteiger partial charge on any atom is 0.313 e. The van der Waals surface area contributed by atoms with Crippen LogP contribution in [0.2, 0.25) is 0 Å². The molecule has 1 aliphatic rings. The van der Waals surface area contributed by atoms with Gasteiger partial charge in [-0.2, -0.15) is 0 Å². The van der Waals surface area contributed by atoms with Crippen molar-refractivity contribution in [3.63, 3.8) is 0 Å². The molecule has 0 bridgehead atoms. The molecule has 1 aromatic carbocycles. The van der Waals surface area contributed by atoms with Gasteiger partial charge in [-0.1, -0.05) is 29.8 Å². The molecule has 1 saturated heterocycles. The first-order valence-electron chi connectivity index (χ1n) is 5.45. The monoisotopic (exact) mass is 234 g/mol. The van der Waals surface area contributed by atoms with E-state index in [0.717, 1.165) is 11.1 Å². The van der Waals surface area contributed by atoms with E-state index in [-0.39, 0.29) is 12.4 Å². The van der Waals surface area contributed by atoms with Crippen molar-refractivity contribution in [3.8, 4) is 0 Å². The van der Waals surface area contributed by atoms with Gasteiger partial charge in [0, 0.05) is 0 Å². The second-order valence-electron chi connectivity index (χ2n) is 4.15. The van der Waals surface area contributed by atoms with E-state index in [1.54, 1.807) is 0 Å². The fourth-order valence-corrected chi connectivity index (χ4v) is 1.97. The lowest BCUT2D eigenvalue weighted by Gasteiger charge is -2.15. The number of ether oxygens (including phenoxy) is 2. The Morgan fingerprint density at radius 3 is 2.59 bits per heavy atom. The molecule has 2 atom stereocenters. The van der Waals surface area contributed by atoms with Gasteiger partial charge in [0.05, 0.1) is 13.5 Å². The Hall–Kier alpha value is -1.84. The van der Waals surface area contributed by atoms with E-state index >= 15 is 0 Å². The number of hydrogen-bond acceptors (Lipinski definition) is 4. The first-order chi connectivity index (χ1) is 8.11. The Morgan fingerprint density at radius 1 is 1.35 bits per heavy atom. The van der Waals surface area contributed by atoms with Gasteiger partial charge in [-0.05, 0) is 12.5 Å². The van der Waals surface area contributed by atoms with E-state index in [1.807, 2.05) is 31.2 Å². The minimum atomic E-state index is -0.532. The second kappa shape index (κ2) is 4.57. The van der Waals surface area contributed by atoms with Gasteiger partial charge in [0.15, 0.2) is 0 Å². The Kier molecular flexibility index (Phi) is 3.13. The van der Waals surface area contributed by atoms with Crippen LogP contribution in [-0.2, 0) is 19.1 Å². The summed E-state index contributed by atoms with van der Waals surface area (Å²) in [7, 11) is 1.32. The summed E-state index contributed by atoms with van der Waals surface area (Å²) in [6.45, 7) is 1.97. The third-order valence-electron chi connectivity index (χ3n) is 2.92. The number of benzene rings is 1. The molecule has 4 heteroatoms. The van der Waals surface area contributed by atoms with Crippen LogP contribution in [0.15, 0.2) is 24.3 Å². The van der Waals surface area contributed by atoms with Crippen molar-refractivity contribution in [2.45, 2.75) is 19.4 Å². The van der Waals surface area contributed by atoms with Crippen LogP contribution in [0, 0.1) is 12.8 Å². The van der Waals surface area contributed by atoms with Crippen LogP contribution in [0.25, 0.3) is 0 Å². The molecule has 90 valence electrons. The Bertz CT molecular complexity index is 435. The molecule has 2 rings (SSSR count). The standard InChI is InChI=1S/C13H14O4/c1-8-3-5-9(6-4-8)12-10(13(15)16-2)7-11(14)17-12/h3-6,10,12H,7H2,1-2H3/t10-,12+/m1/s1. The van der Waals surface area contributed by atoms with Crippen LogP contribution >= 0.6 is 0 Å². The van der Waals surface area contributed by atoms with Crippen molar-refractivity contribution in [2.75, 3.05) is 7.11 Å². The number of aryl methyl sites for hydroxylation is 1. The van der Waals surface area contributed by atoms with Crippen LogP contribution in [0.1, 0.15) is 23.7 Å². The molecule has 0 aromatic heterocycles. The fourth-order valence-electron chi connectivity index (χ4n) is 1.97. The number of rotatable bonds is 2. The van der Waals surface area contributed by atoms with Gasteiger partial charge in [-0.15, -0.1) is 0 Å². The molecule has 0 N–H and O–H groups in total. The first-order valence-corrected chi connectivity index (χ1v) is 5.45. The summed E-state index contributed by atoms with van der Waals surface area (Å²) in [5.74, 6) is -1.29. The minimum Gasteiger partial charge on any atom is -0.469 e. The summed E-state index contributed by atoms with van der Waals surface area (Å²) < 4.78 is 9.87. The average molecular weight is 234 g/mol. The lowest BCUT2D eigenvalue weighted by Crippen LogP contribution is -2.19. The second-order valence-corrected chi connectivity index (χ2v) is 4.15. The number of carbonyl (C=O) groups is 2. The summed E-state index contributed by atoms with van der Waals surface area (Å²) in [6.07, 6.45) is -0.430. The van der Waals surface area contributed by atoms with Gasteiger partial charge in [0.25, 0.3) is 0 Å². The zero-order valence-electron chi connectivity index (χ0n) is 9.80. The summed E-state index contributed by atoms with van der Waals surface area (Å²) in [6, 6.07) is 7.59. The van der Waals surface area contributed by atoms with Crippen LogP contribution < -0.4 is 0 Å². The predicted molar refractivity (Wildman–Crippen MR) is 60.1 cm³/mol. The van der Waals surface area contributed by atoms with Crippen molar-refractivity contribution in [2.24, 2.45) is 5.92 Å². The highest BCUT2D eigenvalue weighted by Gasteiger charge is 2.41. The fraction of sp³-hybridized carbons (Fsp3) is 0.385. The van der Waals surface area contributed by atoms with Crippen LogP contribution in [-0.4, -0.2) is 19.0 Å². The van der Waals surface area contributed by atoms with Gasteiger partial charge in [0.2, 0.25) is 0 Å². The minimum absolute atomic E-state index is 0.0885. The van der Waals surface area contributed by atoms with Crippen molar-refractivity contribution in [1.29, 1.82) is 0 Å². The molecule has 0 spiro atoms. The van der Waals surface area contributed by atoms with Gasteiger partial charge in [-0.25, -0.2) is 0 Å². The van der Waals surface area contributed by atoms with Gasteiger partial charge in [-0.3, -0.25) is 9.59 Å². The largest absolute Gasteiger partial charge is 0.469 e. The zero-order chi connectivity index (χ0) is 12.4. The molecular formula is C13H14O4. The molecule has 0 radical (unpaired) electrons. The molecule has 0 aliphatic carbocycles. The van der Waals surface area contributed by atoms with Crippen LogP contribution in [0.5, 0.6) is 0 Å². The highest BCUT2D eigenvalue weighted by molar-refractivity contribution is 5.83. The lowest BCUT2D eigenvalue weighted by atomic mass is 9.95. The third-order valence-corrected chi connectivity index (χ3v) is 2.92. The molecule has 4 nitrogen and oxygen atoms in total. The topological polar surface area (TPSA) is 52.6 Å². The van der Waals surface area contributed by atoms with Gasteiger partial charge >= 0.3 is 11.9 Å². The Labute approximate surface area is 99.5 Å². The molecular weight excluding hydrogens is 220 g/mol. The van der Waals surface area contributed by atoms with Crippen molar-refractivity contribution in [1.82, 2.24) is 0 Å². The van der Waals surface area contributed by atoms with E-state index in [9.17, 15) is 9.59 Å². The maximum atomic E-state index is 11.6. The van der Waals surface area contributed by atoms with E-state index in [2.05, 4.69) is 4.74 Å². The number of methoxy groups -OCH3 is 1. The molecule has 0 amide bonds.